The van der Waals surface area contributed by atoms with Crippen molar-refractivity contribution in [2.24, 2.45) is 0 Å². The van der Waals surface area contributed by atoms with E-state index in [4.69, 9.17) is 5.11 Å². The zero-order chi connectivity index (χ0) is 11.3. The number of halogens is 1. The van der Waals surface area contributed by atoms with Gasteiger partial charge in [0, 0.05) is 24.6 Å². The molecule has 0 aromatic heterocycles. The summed E-state index contributed by atoms with van der Waals surface area (Å²) in [4.78, 5) is 11.6. The van der Waals surface area contributed by atoms with Gasteiger partial charge in [0.25, 0.3) is 0 Å². The fourth-order valence-electron chi connectivity index (χ4n) is 1.27. The van der Waals surface area contributed by atoms with Crippen LogP contribution in [0, 0.1) is 0 Å². The van der Waals surface area contributed by atoms with Gasteiger partial charge in [-0.3, -0.25) is 4.79 Å². The second-order valence-corrected chi connectivity index (χ2v) is 3.83. The van der Waals surface area contributed by atoms with E-state index in [9.17, 15) is 4.79 Å². The van der Waals surface area contributed by atoms with Crippen molar-refractivity contribution in [3.8, 4) is 5.75 Å². The minimum atomic E-state index is 0. The molecule has 0 spiro atoms. The van der Waals surface area contributed by atoms with Crippen molar-refractivity contribution in [2.45, 2.75) is 26.3 Å². The number of phenols is 1. The number of carbonyl (C=O) groups excluding carboxylic acids is 1. The van der Waals surface area contributed by atoms with Crippen LogP contribution in [0.3, 0.4) is 0 Å². The highest BCUT2D eigenvalue weighted by atomic mass is 35.5. The summed E-state index contributed by atoms with van der Waals surface area (Å²) in [5.41, 5.74) is 0.651. The lowest BCUT2D eigenvalue weighted by molar-refractivity contribution is 0.0982. The first-order valence-corrected chi connectivity index (χ1v) is 5.15. The summed E-state index contributed by atoms with van der Waals surface area (Å²) >= 11 is 0. The highest BCUT2D eigenvalue weighted by molar-refractivity contribution is 5.96. The highest BCUT2D eigenvalue weighted by Crippen LogP contribution is 2.10. The number of ketones is 1. The van der Waals surface area contributed by atoms with Crippen molar-refractivity contribution in [3.63, 3.8) is 0 Å². The molecule has 4 heteroatoms. The molecule has 3 nitrogen and oxygen atoms in total. The van der Waals surface area contributed by atoms with E-state index in [0.29, 0.717) is 24.6 Å². The van der Waals surface area contributed by atoms with Gasteiger partial charge in [0.2, 0.25) is 0 Å². The normalized spacial score (nSPS) is 9.94. The second kappa shape index (κ2) is 7.25. The summed E-state index contributed by atoms with van der Waals surface area (Å²) in [5, 5.41) is 12.3. The van der Waals surface area contributed by atoms with E-state index in [2.05, 4.69) is 5.32 Å². The molecule has 0 fully saturated rings. The molecule has 0 bridgehead atoms. The molecule has 0 saturated heterocycles. The molecule has 16 heavy (non-hydrogen) atoms. The monoisotopic (exact) mass is 243 g/mol. The van der Waals surface area contributed by atoms with Gasteiger partial charge in [-0.2, -0.15) is 0 Å². The molecule has 0 unspecified atom stereocenters. The van der Waals surface area contributed by atoms with Crippen LogP contribution < -0.4 is 5.32 Å². The summed E-state index contributed by atoms with van der Waals surface area (Å²) in [6, 6.07) is 6.75. The summed E-state index contributed by atoms with van der Waals surface area (Å²) < 4.78 is 0. The minimum absolute atomic E-state index is 0. The van der Waals surface area contributed by atoms with Gasteiger partial charge in [-0.05, 0) is 24.3 Å². The van der Waals surface area contributed by atoms with Crippen LogP contribution in [0.2, 0.25) is 0 Å². The number of hydrogen-bond acceptors (Lipinski definition) is 3. The molecular weight excluding hydrogens is 226 g/mol. The largest absolute Gasteiger partial charge is 0.508 e. The van der Waals surface area contributed by atoms with Crippen LogP contribution in [0.1, 0.15) is 30.6 Å². The first-order valence-electron chi connectivity index (χ1n) is 5.15. The van der Waals surface area contributed by atoms with E-state index in [-0.39, 0.29) is 23.9 Å². The number of hydrogen-bond donors (Lipinski definition) is 2. The standard InChI is InChI=1S/C12H17NO2.ClH/c1-9(2)13-8-7-12(15)10-3-5-11(14)6-4-10;/h3-6,9,13-14H,7-8H2,1-2H3;1H. The Morgan fingerprint density at radius 1 is 1.31 bits per heavy atom. The zero-order valence-electron chi connectivity index (χ0n) is 9.56. The van der Waals surface area contributed by atoms with Crippen LogP contribution >= 0.6 is 12.4 Å². The van der Waals surface area contributed by atoms with Crippen LogP contribution in [0.15, 0.2) is 24.3 Å². The molecule has 1 rings (SSSR count). The Balaban J connectivity index is 0.00000225. The average Bonchev–Trinajstić information content (AvgIpc) is 2.18. The Morgan fingerprint density at radius 3 is 2.38 bits per heavy atom. The highest BCUT2D eigenvalue weighted by Gasteiger charge is 2.05. The Morgan fingerprint density at radius 2 is 1.88 bits per heavy atom. The molecule has 90 valence electrons. The van der Waals surface area contributed by atoms with Crippen molar-refractivity contribution in [1.29, 1.82) is 0 Å². The fraction of sp³-hybridized carbons (Fsp3) is 0.417. The molecular formula is C12H18ClNO2. The predicted molar refractivity (Wildman–Crippen MR) is 67.4 cm³/mol. The fourth-order valence-corrected chi connectivity index (χ4v) is 1.27. The van der Waals surface area contributed by atoms with E-state index >= 15 is 0 Å². The number of benzene rings is 1. The van der Waals surface area contributed by atoms with E-state index in [1.165, 1.54) is 12.1 Å². The van der Waals surface area contributed by atoms with Crippen LogP contribution in [-0.4, -0.2) is 23.5 Å². The number of nitrogens with one attached hydrogen (secondary N) is 1. The van der Waals surface area contributed by atoms with Gasteiger partial charge in [0.15, 0.2) is 5.78 Å². The molecule has 0 radical (unpaired) electrons. The summed E-state index contributed by atoms with van der Waals surface area (Å²) in [7, 11) is 0. The van der Waals surface area contributed by atoms with Crippen molar-refractivity contribution in [2.75, 3.05) is 6.54 Å². The molecule has 0 aliphatic rings. The lowest BCUT2D eigenvalue weighted by Gasteiger charge is -2.07. The van der Waals surface area contributed by atoms with Gasteiger partial charge in [-0.15, -0.1) is 12.4 Å². The number of Topliss-reactive ketones (excluding diaryl/α,β-unsaturated/α-hetero) is 1. The maximum absolute atomic E-state index is 11.6. The summed E-state index contributed by atoms with van der Waals surface area (Å²) in [5.74, 6) is 0.287. The second-order valence-electron chi connectivity index (χ2n) is 3.83. The minimum Gasteiger partial charge on any atom is -0.508 e. The zero-order valence-corrected chi connectivity index (χ0v) is 10.4. The summed E-state index contributed by atoms with van der Waals surface area (Å²) in [6.45, 7) is 4.79. The Bertz CT molecular complexity index is 322. The van der Waals surface area contributed by atoms with Crippen LogP contribution in [0.5, 0.6) is 5.75 Å². The van der Waals surface area contributed by atoms with Gasteiger partial charge < -0.3 is 10.4 Å². The van der Waals surface area contributed by atoms with Crippen molar-refractivity contribution < 1.29 is 9.90 Å². The molecule has 1 aromatic carbocycles. The van der Waals surface area contributed by atoms with Crippen molar-refractivity contribution in [1.82, 2.24) is 5.32 Å². The van der Waals surface area contributed by atoms with Gasteiger partial charge in [0.1, 0.15) is 5.75 Å². The third-order valence-corrected chi connectivity index (χ3v) is 2.09. The van der Waals surface area contributed by atoms with E-state index in [1.807, 2.05) is 13.8 Å². The number of aromatic hydroxyl groups is 1. The maximum Gasteiger partial charge on any atom is 0.164 e. The van der Waals surface area contributed by atoms with Crippen LogP contribution in [0.4, 0.5) is 0 Å². The molecule has 0 saturated carbocycles. The summed E-state index contributed by atoms with van der Waals surface area (Å²) in [6.07, 6.45) is 0.489. The topological polar surface area (TPSA) is 49.3 Å². The molecule has 0 aliphatic carbocycles. The van der Waals surface area contributed by atoms with Crippen molar-refractivity contribution in [3.05, 3.63) is 29.8 Å². The van der Waals surface area contributed by atoms with Crippen molar-refractivity contribution >= 4 is 18.2 Å². The number of carbonyl (C=O) groups is 1. The third-order valence-electron chi connectivity index (χ3n) is 2.09. The Hall–Kier alpha value is -1.06. The van der Waals surface area contributed by atoms with Crippen LogP contribution in [-0.2, 0) is 0 Å². The van der Waals surface area contributed by atoms with Crippen LogP contribution in [0.25, 0.3) is 0 Å². The van der Waals surface area contributed by atoms with Gasteiger partial charge in [-0.25, -0.2) is 0 Å². The first-order chi connectivity index (χ1) is 7.09. The van der Waals surface area contributed by atoms with E-state index in [1.54, 1.807) is 12.1 Å². The molecule has 0 amide bonds. The Kier molecular flexibility index (Phi) is 6.77. The molecule has 0 aliphatic heterocycles. The lowest BCUT2D eigenvalue weighted by Crippen LogP contribution is -2.25. The molecule has 0 heterocycles. The maximum atomic E-state index is 11.6. The van der Waals surface area contributed by atoms with Gasteiger partial charge in [-0.1, -0.05) is 13.8 Å². The van der Waals surface area contributed by atoms with Gasteiger partial charge in [0.05, 0.1) is 0 Å². The third kappa shape index (κ3) is 5.14. The molecule has 1 aromatic rings. The predicted octanol–water partition coefficient (Wildman–Crippen LogP) is 2.38. The average molecular weight is 244 g/mol. The Labute approximate surface area is 102 Å². The van der Waals surface area contributed by atoms with E-state index < -0.39 is 0 Å². The number of rotatable bonds is 5. The molecule has 2 N–H and O–H groups in total. The molecule has 0 atom stereocenters. The smallest absolute Gasteiger partial charge is 0.164 e. The first kappa shape index (κ1) is 14.9. The lowest BCUT2D eigenvalue weighted by atomic mass is 10.1. The van der Waals surface area contributed by atoms with E-state index in [0.717, 1.165) is 0 Å². The van der Waals surface area contributed by atoms with Gasteiger partial charge >= 0.3 is 0 Å². The number of phenolic OH excluding ortho intramolecular Hbond substituents is 1. The SMILES string of the molecule is CC(C)NCCC(=O)c1ccc(O)cc1.Cl. The quantitative estimate of drug-likeness (QED) is 0.781.